The van der Waals surface area contributed by atoms with Crippen molar-refractivity contribution in [2.45, 2.75) is 5.38 Å². The molecule has 2 aromatic rings. The largest absolute Gasteiger partial charge is 0.496 e. The van der Waals surface area contributed by atoms with Gasteiger partial charge in [0.05, 0.1) is 17.0 Å². The van der Waals surface area contributed by atoms with E-state index in [0.29, 0.717) is 21.3 Å². The van der Waals surface area contributed by atoms with Crippen LogP contribution in [0.2, 0.25) is 0 Å². The molecule has 1 atom stereocenters. The van der Waals surface area contributed by atoms with Crippen LogP contribution in [-0.4, -0.2) is 7.11 Å². The molecule has 0 bridgehead atoms. The summed E-state index contributed by atoms with van der Waals surface area (Å²) in [5.41, 5.74) is 0.997. The minimum Gasteiger partial charge on any atom is -0.496 e. The highest BCUT2D eigenvalue weighted by molar-refractivity contribution is 9.10. The molecule has 0 aliphatic heterocycles. The van der Waals surface area contributed by atoms with E-state index >= 15 is 0 Å². The summed E-state index contributed by atoms with van der Waals surface area (Å²) < 4.78 is 32.3. The van der Waals surface area contributed by atoms with Crippen LogP contribution in [0.15, 0.2) is 40.9 Å². The van der Waals surface area contributed by atoms with Gasteiger partial charge in [-0.05, 0) is 51.8 Å². The average Bonchev–Trinajstić information content (AvgIpc) is 2.41. The van der Waals surface area contributed by atoms with Gasteiger partial charge in [0.1, 0.15) is 17.4 Å². The van der Waals surface area contributed by atoms with E-state index in [1.165, 1.54) is 31.4 Å². The first-order valence-electron chi connectivity index (χ1n) is 5.45. The van der Waals surface area contributed by atoms with E-state index in [0.717, 1.165) is 0 Å². The molecule has 2 rings (SSSR count). The maximum Gasteiger partial charge on any atom is 0.137 e. The number of halogens is 4. The van der Waals surface area contributed by atoms with E-state index in [2.05, 4.69) is 15.9 Å². The molecule has 0 amide bonds. The molecule has 0 saturated carbocycles. The Bertz CT molecular complexity index is 604. The second-order valence-electron chi connectivity index (χ2n) is 3.92. The van der Waals surface area contributed by atoms with E-state index in [4.69, 9.17) is 16.3 Å². The van der Waals surface area contributed by atoms with Crippen LogP contribution in [0, 0.1) is 11.6 Å². The van der Waals surface area contributed by atoms with E-state index < -0.39 is 17.0 Å². The summed E-state index contributed by atoms with van der Waals surface area (Å²) >= 11 is 9.35. The molecule has 0 fully saturated rings. The van der Waals surface area contributed by atoms with Crippen LogP contribution in [0.3, 0.4) is 0 Å². The first kappa shape index (κ1) is 14.3. The predicted octanol–water partition coefficient (Wildman–Crippen LogP) is 5.06. The van der Waals surface area contributed by atoms with Gasteiger partial charge in [0.15, 0.2) is 0 Å². The van der Waals surface area contributed by atoms with Gasteiger partial charge in [-0.25, -0.2) is 8.78 Å². The zero-order valence-electron chi connectivity index (χ0n) is 9.96. The lowest BCUT2D eigenvalue weighted by Gasteiger charge is -2.15. The maximum absolute atomic E-state index is 13.5. The first-order valence-corrected chi connectivity index (χ1v) is 6.68. The molecule has 5 heteroatoms. The minimum absolute atomic E-state index is 0.353. The molecule has 0 aromatic heterocycles. The Labute approximate surface area is 123 Å². The normalized spacial score (nSPS) is 12.3. The summed E-state index contributed by atoms with van der Waals surface area (Å²) in [4.78, 5) is 0. The standard InChI is InChI=1S/C14H10BrClF2O/c1-19-13-5-3-9(17)7-10(13)14(16)8-2-4-11(15)12(18)6-8/h2-7,14H,1H3. The second-order valence-corrected chi connectivity index (χ2v) is 5.21. The molecule has 2 aromatic carbocycles. The molecule has 0 aliphatic rings. The van der Waals surface area contributed by atoms with Gasteiger partial charge >= 0.3 is 0 Å². The summed E-state index contributed by atoms with van der Waals surface area (Å²) in [5, 5.41) is -0.687. The lowest BCUT2D eigenvalue weighted by Crippen LogP contribution is -1.99. The third kappa shape index (κ3) is 3.07. The number of alkyl halides is 1. The third-order valence-corrected chi connectivity index (χ3v) is 3.83. The third-order valence-electron chi connectivity index (χ3n) is 2.70. The van der Waals surface area contributed by atoms with Crippen molar-refractivity contribution in [1.82, 2.24) is 0 Å². The highest BCUT2D eigenvalue weighted by atomic mass is 79.9. The van der Waals surface area contributed by atoms with Crippen LogP contribution in [0.1, 0.15) is 16.5 Å². The fraction of sp³-hybridized carbons (Fsp3) is 0.143. The van der Waals surface area contributed by atoms with Crippen LogP contribution in [-0.2, 0) is 0 Å². The SMILES string of the molecule is COc1ccc(F)cc1C(Cl)c1ccc(Br)c(F)c1. The van der Waals surface area contributed by atoms with E-state index in [1.807, 2.05) is 0 Å². The Morgan fingerprint density at radius 1 is 1.16 bits per heavy atom. The average molecular weight is 348 g/mol. The second kappa shape index (κ2) is 5.88. The number of rotatable bonds is 3. The van der Waals surface area contributed by atoms with Gasteiger partial charge in [0, 0.05) is 5.56 Å². The number of benzene rings is 2. The molecule has 100 valence electrons. The lowest BCUT2D eigenvalue weighted by atomic mass is 10.0. The van der Waals surface area contributed by atoms with Crippen molar-refractivity contribution >= 4 is 27.5 Å². The molecule has 0 aliphatic carbocycles. The summed E-state index contributed by atoms with van der Waals surface area (Å²) in [6, 6.07) is 8.62. The predicted molar refractivity (Wildman–Crippen MR) is 74.7 cm³/mol. The van der Waals surface area contributed by atoms with E-state index in [9.17, 15) is 8.78 Å². The highest BCUT2D eigenvalue weighted by Crippen LogP contribution is 2.36. The van der Waals surface area contributed by atoms with Crippen molar-refractivity contribution in [2.24, 2.45) is 0 Å². The minimum atomic E-state index is -0.687. The van der Waals surface area contributed by atoms with Gasteiger partial charge < -0.3 is 4.74 Å². The summed E-state index contributed by atoms with van der Waals surface area (Å²) in [6.07, 6.45) is 0. The Balaban J connectivity index is 2.45. The Morgan fingerprint density at radius 3 is 2.53 bits per heavy atom. The molecule has 0 spiro atoms. The lowest BCUT2D eigenvalue weighted by molar-refractivity contribution is 0.409. The molecule has 1 nitrogen and oxygen atoms in total. The monoisotopic (exact) mass is 346 g/mol. The Kier molecular flexibility index (Phi) is 4.42. The van der Waals surface area contributed by atoms with Gasteiger partial charge in [-0.2, -0.15) is 0 Å². The summed E-state index contributed by atoms with van der Waals surface area (Å²) in [6.45, 7) is 0. The zero-order chi connectivity index (χ0) is 14.0. The van der Waals surface area contributed by atoms with Gasteiger partial charge in [0.25, 0.3) is 0 Å². The maximum atomic E-state index is 13.5. The molecule has 0 heterocycles. The molecule has 0 N–H and O–H groups in total. The van der Waals surface area contributed by atoms with Crippen molar-refractivity contribution in [1.29, 1.82) is 0 Å². The zero-order valence-corrected chi connectivity index (χ0v) is 12.3. The van der Waals surface area contributed by atoms with Crippen LogP contribution in [0.4, 0.5) is 8.78 Å². The van der Waals surface area contributed by atoms with Crippen LogP contribution in [0.5, 0.6) is 5.75 Å². The van der Waals surface area contributed by atoms with Crippen molar-refractivity contribution in [3.05, 3.63) is 63.6 Å². The molecule has 0 saturated heterocycles. The summed E-state index contributed by atoms with van der Waals surface area (Å²) in [5.74, 6) is -0.373. The smallest absolute Gasteiger partial charge is 0.137 e. The quantitative estimate of drug-likeness (QED) is 0.705. The fourth-order valence-corrected chi connectivity index (χ4v) is 2.31. The van der Waals surface area contributed by atoms with Gasteiger partial charge in [-0.15, -0.1) is 11.6 Å². The number of ether oxygens (including phenoxy) is 1. The molecular formula is C14H10BrClF2O. The van der Waals surface area contributed by atoms with Crippen molar-refractivity contribution in [3.63, 3.8) is 0 Å². The fourth-order valence-electron chi connectivity index (χ4n) is 1.75. The summed E-state index contributed by atoms with van der Waals surface area (Å²) in [7, 11) is 1.47. The van der Waals surface area contributed by atoms with Crippen LogP contribution >= 0.6 is 27.5 Å². The van der Waals surface area contributed by atoms with Gasteiger partial charge in [-0.3, -0.25) is 0 Å². The molecular weight excluding hydrogens is 338 g/mol. The topological polar surface area (TPSA) is 9.23 Å². The van der Waals surface area contributed by atoms with Gasteiger partial charge in [0.2, 0.25) is 0 Å². The van der Waals surface area contributed by atoms with Crippen LogP contribution < -0.4 is 4.74 Å². The number of hydrogen-bond donors (Lipinski definition) is 0. The Morgan fingerprint density at radius 2 is 1.89 bits per heavy atom. The van der Waals surface area contributed by atoms with Crippen molar-refractivity contribution < 1.29 is 13.5 Å². The number of methoxy groups -OCH3 is 1. The first-order chi connectivity index (χ1) is 9.02. The van der Waals surface area contributed by atoms with Crippen molar-refractivity contribution in [3.8, 4) is 5.75 Å². The molecule has 19 heavy (non-hydrogen) atoms. The Hall–Kier alpha value is -1.13. The molecule has 0 radical (unpaired) electrons. The van der Waals surface area contributed by atoms with E-state index in [1.54, 1.807) is 12.1 Å². The van der Waals surface area contributed by atoms with E-state index in [-0.39, 0.29) is 0 Å². The molecule has 1 unspecified atom stereocenters. The number of hydrogen-bond acceptors (Lipinski definition) is 1. The van der Waals surface area contributed by atoms with Crippen molar-refractivity contribution in [2.75, 3.05) is 7.11 Å². The van der Waals surface area contributed by atoms with Crippen LogP contribution in [0.25, 0.3) is 0 Å². The van der Waals surface area contributed by atoms with Gasteiger partial charge in [-0.1, -0.05) is 6.07 Å². The highest BCUT2D eigenvalue weighted by Gasteiger charge is 2.17.